The van der Waals surface area contributed by atoms with Gasteiger partial charge >= 0.3 is 18.2 Å². The van der Waals surface area contributed by atoms with E-state index in [4.69, 9.17) is 14.2 Å². The molecule has 1 amide bonds. The lowest BCUT2D eigenvalue weighted by atomic mass is 9.70. The summed E-state index contributed by atoms with van der Waals surface area (Å²) in [5, 5.41) is 0. The Morgan fingerprint density at radius 1 is 1.00 bits per heavy atom. The first kappa shape index (κ1) is 32.6. The summed E-state index contributed by atoms with van der Waals surface area (Å²) in [5.74, 6) is -0.887. The van der Waals surface area contributed by atoms with Gasteiger partial charge in [0.2, 0.25) is 0 Å². The fourth-order valence-electron chi connectivity index (χ4n) is 6.52. The van der Waals surface area contributed by atoms with Gasteiger partial charge in [0.25, 0.3) is 0 Å². The number of hydrogen-bond acceptors (Lipinski definition) is 6. The number of esters is 1. The van der Waals surface area contributed by atoms with Gasteiger partial charge < -0.3 is 14.2 Å². The van der Waals surface area contributed by atoms with E-state index in [0.29, 0.717) is 0 Å². The number of hydrogen-bond donors (Lipinski definition) is 0. The van der Waals surface area contributed by atoms with Crippen LogP contribution in [0.15, 0.2) is 48.5 Å². The molecule has 1 heterocycles. The molecule has 43 heavy (non-hydrogen) atoms. The number of likely N-dealkylation sites (tertiary alicyclic amines) is 1. The Labute approximate surface area is 252 Å². The summed E-state index contributed by atoms with van der Waals surface area (Å²) in [6, 6.07) is 13.7. The van der Waals surface area contributed by atoms with Crippen molar-refractivity contribution in [1.82, 2.24) is 9.80 Å². The average molecular weight is 605 g/mol. The predicted octanol–water partition coefficient (Wildman–Crippen LogP) is 6.83. The van der Waals surface area contributed by atoms with Crippen LogP contribution in [0.5, 0.6) is 5.75 Å². The molecule has 0 spiro atoms. The van der Waals surface area contributed by atoms with Gasteiger partial charge in [-0.05, 0) is 90.1 Å². The summed E-state index contributed by atoms with van der Waals surface area (Å²) in [4.78, 5) is 28.7. The minimum atomic E-state index is -4.65. The molecule has 1 saturated carbocycles. The molecule has 1 aliphatic heterocycles. The topological polar surface area (TPSA) is 68.3 Å². The third-order valence-electron chi connectivity index (χ3n) is 8.66. The molecule has 10 heteroatoms. The first-order valence-electron chi connectivity index (χ1n) is 14.8. The molecule has 0 radical (unpaired) electrons. The summed E-state index contributed by atoms with van der Waals surface area (Å²) in [6.07, 6.45) is -2.69. The van der Waals surface area contributed by atoms with Gasteiger partial charge in [-0.25, -0.2) is 9.59 Å². The van der Waals surface area contributed by atoms with Crippen LogP contribution in [0.25, 0.3) is 0 Å². The van der Waals surface area contributed by atoms with Crippen molar-refractivity contribution in [3.8, 4) is 5.75 Å². The van der Waals surface area contributed by atoms with Crippen molar-refractivity contribution < 1.29 is 37.0 Å². The molecule has 2 aromatic carbocycles. The van der Waals surface area contributed by atoms with Crippen LogP contribution in [0.4, 0.5) is 18.0 Å². The highest BCUT2D eigenvalue weighted by molar-refractivity contribution is 5.82. The number of carbonyl (C=O) groups excluding carboxylic acids is 2. The Morgan fingerprint density at radius 2 is 1.65 bits per heavy atom. The summed E-state index contributed by atoms with van der Waals surface area (Å²) in [5.41, 5.74) is -0.340. The molecule has 7 nitrogen and oxygen atoms in total. The van der Waals surface area contributed by atoms with E-state index in [1.165, 1.54) is 29.7 Å². The number of rotatable bonds is 7. The molecular weight excluding hydrogens is 561 g/mol. The van der Waals surface area contributed by atoms with Crippen molar-refractivity contribution in [3.63, 3.8) is 0 Å². The van der Waals surface area contributed by atoms with Crippen LogP contribution in [0.3, 0.4) is 0 Å². The van der Waals surface area contributed by atoms with Crippen molar-refractivity contribution in [2.75, 3.05) is 27.7 Å². The molecule has 0 N–H and O–H groups in total. The number of benzene rings is 2. The van der Waals surface area contributed by atoms with Crippen LogP contribution in [-0.4, -0.2) is 67.4 Å². The zero-order valence-electron chi connectivity index (χ0n) is 25.9. The normalized spacial score (nSPS) is 24.6. The molecular formula is C33H43F3N2O5. The molecule has 2 aliphatic rings. The van der Waals surface area contributed by atoms with Crippen molar-refractivity contribution in [2.45, 2.75) is 88.8 Å². The largest absolute Gasteiger partial charge is 0.488 e. The van der Waals surface area contributed by atoms with Crippen molar-refractivity contribution in [2.24, 2.45) is 5.92 Å². The minimum absolute atomic E-state index is 0.0117. The number of amides is 1. The second-order valence-electron chi connectivity index (χ2n) is 12.9. The maximum absolute atomic E-state index is 14.6. The molecule has 0 unspecified atom stereocenters. The highest BCUT2D eigenvalue weighted by Gasteiger charge is 2.45. The molecule has 2 fully saturated rings. The van der Waals surface area contributed by atoms with Gasteiger partial charge in [-0.2, -0.15) is 13.2 Å². The molecule has 2 atom stereocenters. The van der Waals surface area contributed by atoms with Crippen LogP contribution in [0, 0.1) is 5.92 Å². The zero-order chi connectivity index (χ0) is 31.6. The van der Waals surface area contributed by atoms with E-state index < -0.39 is 41.5 Å². The van der Waals surface area contributed by atoms with E-state index >= 15 is 0 Å². The van der Waals surface area contributed by atoms with Crippen molar-refractivity contribution >= 4 is 12.1 Å². The van der Waals surface area contributed by atoms with Crippen molar-refractivity contribution in [3.05, 3.63) is 65.2 Å². The Morgan fingerprint density at radius 3 is 2.21 bits per heavy atom. The van der Waals surface area contributed by atoms with Crippen LogP contribution in [0.2, 0.25) is 0 Å². The Balaban J connectivity index is 1.53. The molecule has 236 valence electrons. The van der Waals surface area contributed by atoms with E-state index in [-0.39, 0.29) is 42.2 Å². The first-order valence-corrected chi connectivity index (χ1v) is 14.8. The van der Waals surface area contributed by atoms with Gasteiger partial charge in [-0.1, -0.05) is 42.5 Å². The molecule has 2 aromatic rings. The van der Waals surface area contributed by atoms with Gasteiger partial charge in [0.15, 0.2) is 0 Å². The predicted molar refractivity (Wildman–Crippen MR) is 157 cm³/mol. The Kier molecular flexibility index (Phi) is 9.69. The molecule has 4 rings (SSSR count). The van der Waals surface area contributed by atoms with Crippen LogP contribution < -0.4 is 4.74 Å². The Bertz CT molecular complexity index is 1270. The van der Waals surface area contributed by atoms with Gasteiger partial charge in [0.05, 0.1) is 13.7 Å². The number of halogens is 3. The lowest BCUT2D eigenvalue weighted by molar-refractivity contribution is -0.146. The van der Waals surface area contributed by atoms with Gasteiger partial charge in [-0.3, -0.25) is 9.80 Å². The summed E-state index contributed by atoms with van der Waals surface area (Å²) >= 11 is 0. The molecule has 1 aliphatic carbocycles. The fourth-order valence-corrected chi connectivity index (χ4v) is 6.52. The minimum Gasteiger partial charge on any atom is -0.488 e. The third-order valence-corrected chi connectivity index (χ3v) is 8.66. The average Bonchev–Trinajstić information content (AvgIpc) is 3.36. The Hall–Kier alpha value is -3.27. The summed E-state index contributed by atoms with van der Waals surface area (Å²) < 4.78 is 60.0. The zero-order valence-corrected chi connectivity index (χ0v) is 25.9. The van der Waals surface area contributed by atoms with Gasteiger partial charge in [0, 0.05) is 12.0 Å². The number of nitrogens with zero attached hydrogens (tertiary/aromatic N) is 2. The maximum atomic E-state index is 14.6. The van der Waals surface area contributed by atoms with Gasteiger partial charge in [0.1, 0.15) is 29.1 Å². The van der Waals surface area contributed by atoms with E-state index in [2.05, 4.69) is 31.1 Å². The number of alkyl halides is 3. The highest BCUT2D eigenvalue weighted by Crippen LogP contribution is 2.46. The standard InChI is InChI=1S/C33H43F3N2O5/c1-31(2,3)43-30(40)38-21-25(20-26(38)29(39)41-6)42-27-14-10-11-23(28(27)33(34,35)36)19-22-15-17-32(18-16-22,37(4)5)24-12-8-7-9-13-24/h7-14,22,25-26H,15-21H2,1-6H3/t22?,25-,26-,32?/m0/s1. The van der Waals surface area contributed by atoms with E-state index in [9.17, 15) is 22.8 Å². The van der Waals surface area contributed by atoms with Crippen LogP contribution in [0.1, 0.15) is 69.6 Å². The molecule has 0 aromatic heterocycles. The molecule has 1 saturated heterocycles. The fraction of sp³-hybridized carbons (Fsp3) is 0.576. The SMILES string of the molecule is COC(=O)[C@@H]1C[C@H](Oc2cccc(CC3CCC(c4ccccc4)(N(C)C)CC3)c2C(F)(F)F)CN1C(=O)OC(C)(C)C. The number of ether oxygens (including phenoxy) is 3. The van der Waals surface area contributed by atoms with E-state index in [1.54, 1.807) is 26.8 Å². The van der Waals surface area contributed by atoms with Crippen LogP contribution >= 0.6 is 0 Å². The smallest absolute Gasteiger partial charge is 0.420 e. The van der Waals surface area contributed by atoms with Gasteiger partial charge in [-0.15, -0.1) is 0 Å². The lowest BCUT2D eigenvalue weighted by Gasteiger charge is -2.46. The van der Waals surface area contributed by atoms with E-state index in [1.807, 2.05) is 18.2 Å². The first-order chi connectivity index (χ1) is 20.1. The maximum Gasteiger partial charge on any atom is 0.420 e. The third kappa shape index (κ3) is 7.45. The lowest BCUT2D eigenvalue weighted by Crippen LogP contribution is -2.44. The quantitative estimate of drug-likeness (QED) is 0.323. The number of carbonyl (C=O) groups is 2. The summed E-state index contributed by atoms with van der Waals surface area (Å²) in [7, 11) is 5.32. The molecule has 0 bridgehead atoms. The van der Waals surface area contributed by atoms with Crippen LogP contribution in [-0.2, 0) is 32.4 Å². The highest BCUT2D eigenvalue weighted by atomic mass is 19.4. The second kappa shape index (κ2) is 12.8. The second-order valence-corrected chi connectivity index (χ2v) is 12.9. The summed E-state index contributed by atoms with van der Waals surface area (Å²) in [6.45, 7) is 4.97. The number of methoxy groups -OCH3 is 1. The van der Waals surface area contributed by atoms with E-state index in [0.717, 1.165) is 25.7 Å². The monoisotopic (exact) mass is 604 g/mol. The van der Waals surface area contributed by atoms with Crippen molar-refractivity contribution in [1.29, 1.82) is 0 Å².